The van der Waals surface area contributed by atoms with Gasteiger partial charge in [0.25, 0.3) is 0 Å². The molecule has 3 nitrogen and oxygen atoms in total. The molecule has 108 valence electrons. The molecule has 3 rings (SSSR count). The molecule has 0 saturated carbocycles. The van der Waals surface area contributed by atoms with Gasteiger partial charge in [-0.15, -0.1) is 0 Å². The Morgan fingerprint density at radius 3 is 2.60 bits per heavy atom. The molecule has 0 radical (unpaired) electrons. The van der Waals surface area contributed by atoms with E-state index >= 15 is 0 Å². The molecule has 1 fully saturated rings. The zero-order valence-electron chi connectivity index (χ0n) is 12.4. The predicted molar refractivity (Wildman–Crippen MR) is 78.7 cm³/mol. The van der Waals surface area contributed by atoms with Gasteiger partial charge in [-0.3, -0.25) is 0 Å². The van der Waals surface area contributed by atoms with E-state index in [1.54, 1.807) is 18.7 Å². The van der Waals surface area contributed by atoms with Crippen LogP contribution in [0.15, 0.2) is 36.1 Å². The first-order chi connectivity index (χ1) is 9.54. The van der Waals surface area contributed by atoms with E-state index in [9.17, 15) is 5.11 Å². The summed E-state index contributed by atoms with van der Waals surface area (Å²) in [6.07, 6.45) is 5.77. The lowest BCUT2D eigenvalue weighted by Gasteiger charge is -2.29. The molecule has 2 heterocycles. The van der Waals surface area contributed by atoms with Gasteiger partial charge in [0.05, 0.1) is 24.3 Å². The van der Waals surface area contributed by atoms with Crippen molar-refractivity contribution in [1.29, 1.82) is 0 Å². The summed E-state index contributed by atoms with van der Waals surface area (Å²) in [5.41, 5.74) is 0.421. The number of ether oxygens (including phenoxy) is 1. The van der Waals surface area contributed by atoms with Crippen LogP contribution < -0.4 is 9.64 Å². The van der Waals surface area contributed by atoms with Crippen LogP contribution in [0.25, 0.3) is 0 Å². The highest BCUT2D eigenvalue weighted by molar-refractivity contribution is 5.44. The molecular weight excluding hydrogens is 250 g/mol. The molecule has 3 heteroatoms. The van der Waals surface area contributed by atoms with Gasteiger partial charge in [-0.25, -0.2) is 0 Å². The highest BCUT2D eigenvalue weighted by Gasteiger charge is 2.39. The number of nitrogens with one attached hydrogen (secondary N) is 1. The van der Waals surface area contributed by atoms with E-state index in [2.05, 4.69) is 12.1 Å². The number of fused-ring (bicyclic) bond motifs is 1. The SMILES string of the molecule is CC(C)(O)/C=C1/Oc2ccccc2[C@H]1[NH+]1CCCCC1. The minimum absolute atomic E-state index is 0.248. The number of quaternary nitrogens is 1. The number of para-hydroxylation sites is 1. The van der Waals surface area contributed by atoms with Gasteiger partial charge in [-0.1, -0.05) is 12.1 Å². The molecular formula is C17H24NO2+. The lowest BCUT2D eigenvalue weighted by molar-refractivity contribution is -0.931. The number of aliphatic hydroxyl groups is 1. The molecule has 1 atom stereocenters. The molecule has 0 bridgehead atoms. The van der Waals surface area contributed by atoms with Crippen molar-refractivity contribution in [3.05, 3.63) is 41.7 Å². The summed E-state index contributed by atoms with van der Waals surface area (Å²) in [4.78, 5) is 1.57. The summed E-state index contributed by atoms with van der Waals surface area (Å²) >= 11 is 0. The van der Waals surface area contributed by atoms with Crippen molar-refractivity contribution < 1.29 is 14.7 Å². The number of hydrogen-bond donors (Lipinski definition) is 2. The molecule has 1 aromatic carbocycles. The third kappa shape index (κ3) is 2.74. The molecule has 2 aliphatic rings. The zero-order chi connectivity index (χ0) is 14.2. The Hall–Kier alpha value is -1.32. The molecule has 1 aromatic rings. The van der Waals surface area contributed by atoms with Gasteiger partial charge >= 0.3 is 0 Å². The van der Waals surface area contributed by atoms with Crippen LogP contribution in [0.1, 0.15) is 44.7 Å². The lowest BCUT2D eigenvalue weighted by atomic mass is 9.99. The van der Waals surface area contributed by atoms with Crippen LogP contribution in [0.4, 0.5) is 0 Å². The fourth-order valence-electron chi connectivity index (χ4n) is 3.33. The molecule has 2 aliphatic heterocycles. The quantitative estimate of drug-likeness (QED) is 0.863. The van der Waals surface area contributed by atoms with Gasteiger partial charge in [-0.2, -0.15) is 0 Å². The molecule has 0 aromatic heterocycles. The first-order valence-electron chi connectivity index (χ1n) is 7.61. The second-order valence-corrected chi connectivity index (χ2v) is 6.49. The van der Waals surface area contributed by atoms with Crippen molar-refractivity contribution in [3.63, 3.8) is 0 Å². The van der Waals surface area contributed by atoms with Gasteiger partial charge in [0, 0.05) is 0 Å². The maximum absolute atomic E-state index is 10.1. The number of rotatable bonds is 2. The van der Waals surface area contributed by atoms with Crippen LogP contribution in [0.3, 0.4) is 0 Å². The molecule has 2 N–H and O–H groups in total. The highest BCUT2D eigenvalue weighted by Crippen LogP contribution is 2.38. The monoisotopic (exact) mass is 274 g/mol. The Kier molecular flexibility index (Phi) is 3.57. The molecule has 20 heavy (non-hydrogen) atoms. The minimum Gasteiger partial charge on any atom is -0.455 e. The van der Waals surface area contributed by atoms with Crippen LogP contribution in [0.5, 0.6) is 5.75 Å². The van der Waals surface area contributed by atoms with Gasteiger partial charge in [0.1, 0.15) is 5.75 Å². The average molecular weight is 274 g/mol. The van der Waals surface area contributed by atoms with Gasteiger partial charge in [-0.05, 0) is 51.3 Å². The van der Waals surface area contributed by atoms with Crippen LogP contribution in [0.2, 0.25) is 0 Å². The largest absolute Gasteiger partial charge is 0.455 e. The Bertz CT molecular complexity index is 510. The first kappa shape index (κ1) is 13.7. The second kappa shape index (κ2) is 5.23. The van der Waals surface area contributed by atoms with Crippen molar-refractivity contribution in [2.45, 2.75) is 44.8 Å². The van der Waals surface area contributed by atoms with Crippen LogP contribution in [-0.4, -0.2) is 23.8 Å². The Labute approximate surface area is 120 Å². The van der Waals surface area contributed by atoms with E-state index in [0.717, 1.165) is 11.5 Å². The summed E-state index contributed by atoms with van der Waals surface area (Å²) in [6, 6.07) is 8.52. The number of hydrogen-bond acceptors (Lipinski definition) is 2. The topological polar surface area (TPSA) is 33.9 Å². The smallest absolute Gasteiger partial charge is 0.175 e. The maximum atomic E-state index is 10.1. The van der Waals surface area contributed by atoms with Crippen LogP contribution in [0, 0.1) is 0 Å². The second-order valence-electron chi connectivity index (χ2n) is 6.49. The van der Waals surface area contributed by atoms with E-state index in [1.165, 1.54) is 37.9 Å². The lowest BCUT2D eigenvalue weighted by Crippen LogP contribution is -3.13. The third-order valence-electron chi connectivity index (χ3n) is 4.14. The third-order valence-corrected chi connectivity index (χ3v) is 4.14. The number of likely N-dealkylation sites (tertiary alicyclic amines) is 1. The Balaban J connectivity index is 1.97. The molecule has 0 spiro atoms. The fraction of sp³-hybridized carbons (Fsp3) is 0.529. The fourth-order valence-corrected chi connectivity index (χ4v) is 3.33. The summed E-state index contributed by atoms with van der Waals surface area (Å²) < 4.78 is 6.03. The van der Waals surface area contributed by atoms with E-state index in [-0.39, 0.29) is 6.04 Å². The summed E-state index contributed by atoms with van der Waals surface area (Å²) in [6.45, 7) is 5.97. The number of piperidine rings is 1. The van der Waals surface area contributed by atoms with Crippen molar-refractivity contribution >= 4 is 0 Å². The van der Waals surface area contributed by atoms with E-state index < -0.39 is 5.60 Å². The molecule has 0 amide bonds. The van der Waals surface area contributed by atoms with Crippen LogP contribution in [-0.2, 0) is 0 Å². The van der Waals surface area contributed by atoms with Gasteiger partial charge < -0.3 is 14.7 Å². The summed E-state index contributed by atoms with van der Waals surface area (Å²) in [5, 5.41) is 10.1. The molecule has 0 aliphatic carbocycles. The average Bonchev–Trinajstić information content (AvgIpc) is 2.75. The van der Waals surface area contributed by atoms with Crippen molar-refractivity contribution in [3.8, 4) is 5.75 Å². The zero-order valence-corrected chi connectivity index (χ0v) is 12.4. The highest BCUT2D eigenvalue weighted by atomic mass is 16.5. The van der Waals surface area contributed by atoms with Gasteiger partial charge in [0.2, 0.25) is 0 Å². The van der Waals surface area contributed by atoms with E-state index in [4.69, 9.17) is 4.74 Å². The molecule has 0 unspecified atom stereocenters. The standard InChI is InChI=1S/C17H23NO2/c1-17(2,19)12-15-16(18-10-6-3-7-11-18)13-8-4-5-9-14(13)20-15/h4-5,8-9,12,16,19H,3,6-7,10-11H2,1-2H3/p+1/b15-12+/t16-/m1/s1. The van der Waals surface area contributed by atoms with Gasteiger partial charge in [0.15, 0.2) is 11.8 Å². The normalized spacial score (nSPS) is 25.6. The minimum atomic E-state index is -0.842. The van der Waals surface area contributed by atoms with Crippen molar-refractivity contribution in [1.82, 2.24) is 0 Å². The van der Waals surface area contributed by atoms with E-state index in [1.807, 2.05) is 18.2 Å². The summed E-state index contributed by atoms with van der Waals surface area (Å²) in [5.74, 6) is 1.86. The van der Waals surface area contributed by atoms with E-state index in [0.29, 0.717) is 0 Å². The van der Waals surface area contributed by atoms with Crippen molar-refractivity contribution in [2.24, 2.45) is 0 Å². The van der Waals surface area contributed by atoms with Crippen molar-refractivity contribution in [2.75, 3.05) is 13.1 Å². The Morgan fingerprint density at radius 1 is 1.20 bits per heavy atom. The van der Waals surface area contributed by atoms with Crippen LogP contribution >= 0.6 is 0 Å². The first-order valence-corrected chi connectivity index (χ1v) is 7.61. The Morgan fingerprint density at radius 2 is 1.90 bits per heavy atom. The maximum Gasteiger partial charge on any atom is 0.175 e. The predicted octanol–water partition coefficient (Wildman–Crippen LogP) is 1.84. The molecule has 1 saturated heterocycles. The number of benzene rings is 1. The summed E-state index contributed by atoms with van der Waals surface area (Å²) in [7, 11) is 0.